The fourth-order valence-electron chi connectivity index (χ4n) is 3.81. The number of benzene rings is 2. The number of fused-ring (bicyclic) bond motifs is 2. The third kappa shape index (κ3) is 4.45. The lowest BCUT2D eigenvalue weighted by Crippen LogP contribution is -2.23. The lowest BCUT2D eigenvalue weighted by molar-refractivity contribution is 0.0764. The van der Waals surface area contributed by atoms with E-state index >= 15 is 0 Å². The Labute approximate surface area is 190 Å². The van der Waals surface area contributed by atoms with E-state index < -0.39 is 27.7 Å². The number of hydrogen-bond donors (Lipinski definition) is 2. The summed E-state index contributed by atoms with van der Waals surface area (Å²) >= 11 is 0. The molecule has 0 aliphatic carbocycles. The van der Waals surface area contributed by atoms with Gasteiger partial charge in [-0.25, -0.2) is 12.8 Å². The highest BCUT2D eigenvalue weighted by atomic mass is 32.2. The minimum Gasteiger partial charge on any atom is -0.505 e. The predicted molar refractivity (Wildman–Crippen MR) is 120 cm³/mol. The summed E-state index contributed by atoms with van der Waals surface area (Å²) in [4.78, 5) is 18.8. The molecule has 0 saturated carbocycles. The summed E-state index contributed by atoms with van der Waals surface area (Å²) in [6.45, 7) is 1.85. The molecule has 1 unspecified atom stereocenters. The number of phenolic OH excluding ortho intramolecular Hbond substituents is 1. The van der Waals surface area contributed by atoms with E-state index in [4.69, 9.17) is 5.26 Å². The fourth-order valence-corrected chi connectivity index (χ4v) is 5.12. The van der Waals surface area contributed by atoms with Gasteiger partial charge in [0.05, 0.1) is 23.1 Å². The number of anilines is 1. The van der Waals surface area contributed by atoms with Crippen LogP contribution in [0.25, 0.3) is 10.9 Å². The Hall–Kier alpha value is -3.71. The van der Waals surface area contributed by atoms with Crippen LogP contribution in [0, 0.1) is 23.1 Å². The first-order valence-electron chi connectivity index (χ1n) is 10.3. The Kier molecular flexibility index (Phi) is 5.91. The molecule has 2 N–H and O–H groups in total. The molecule has 3 aromatic rings. The Morgan fingerprint density at radius 1 is 1.30 bits per heavy atom. The molecular weight excluding hydrogens is 447 g/mol. The van der Waals surface area contributed by atoms with Crippen molar-refractivity contribution in [2.24, 2.45) is 5.92 Å². The molecule has 0 radical (unpaired) electrons. The predicted octanol–water partition coefficient (Wildman–Crippen LogP) is 3.53. The molecule has 1 amide bonds. The summed E-state index contributed by atoms with van der Waals surface area (Å²) in [6.07, 6.45) is 1.59. The third-order valence-corrected chi connectivity index (χ3v) is 6.86. The van der Waals surface area contributed by atoms with Gasteiger partial charge >= 0.3 is 0 Å². The molecule has 10 heteroatoms. The van der Waals surface area contributed by atoms with E-state index in [0.29, 0.717) is 16.5 Å². The van der Waals surface area contributed by atoms with Crippen molar-refractivity contribution < 1.29 is 22.7 Å². The van der Waals surface area contributed by atoms with Crippen molar-refractivity contribution >= 4 is 32.5 Å². The molecule has 0 bridgehead atoms. The molecule has 2 heterocycles. The molecule has 2 aromatic carbocycles. The quantitative estimate of drug-likeness (QED) is 0.512. The van der Waals surface area contributed by atoms with Gasteiger partial charge in [-0.3, -0.25) is 14.5 Å². The molecule has 170 valence electrons. The molecular formula is C23H21FN4O4S. The number of sulfonamides is 1. The first-order valence-corrected chi connectivity index (χ1v) is 11.9. The number of nitrogens with zero attached hydrogens (tertiary/aromatic N) is 3. The minimum atomic E-state index is -3.85. The van der Waals surface area contributed by atoms with Crippen molar-refractivity contribution in [2.45, 2.75) is 26.4 Å². The molecule has 33 heavy (non-hydrogen) atoms. The van der Waals surface area contributed by atoms with E-state index in [2.05, 4.69) is 9.71 Å². The van der Waals surface area contributed by atoms with Crippen molar-refractivity contribution in [3.63, 3.8) is 0 Å². The van der Waals surface area contributed by atoms with Gasteiger partial charge in [-0.2, -0.15) is 5.26 Å². The zero-order valence-electron chi connectivity index (χ0n) is 17.7. The lowest BCUT2D eigenvalue weighted by Gasteiger charge is -2.17. The average Bonchev–Trinajstić information content (AvgIpc) is 3.12. The van der Waals surface area contributed by atoms with E-state index in [-0.39, 0.29) is 47.8 Å². The van der Waals surface area contributed by atoms with Crippen LogP contribution >= 0.6 is 0 Å². The van der Waals surface area contributed by atoms with Crippen LogP contribution in [0.15, 0.2) is 42.6 Å². The SMILES string of the molecule is CC(C#N)CCS(=O)(=O)Nc1c2c(c(O)c3ncccc13)C(=O)N(Cc1ccc(F)cc1)C2. The maximum Gasteiger partial charge on any atom is 0.258 e. The summed E-state index contributed by atoms with van der Waals surface area (Å²) in [7, 11) is -3.85. The van der Waals surface area contributed by atoms with Gasteiger partial charge in [-0.15, -0.1) is 0 Å². The molecule has 1 aliphatic heterocycles. The zero-order chi connectivity index (χ0) is 23.8. The molecule has 0 saturated heterocycles. The maximum absolute atomic E-state index is 13.2. The molecule has 1 aliphatic rings. The van der Waals surface area contributed by atoms with Gasteiger partial charge in [0, 0.05) is 36.2 Å². The summed E-state index contributed by atoms with van der Waals surface area (Å²) in [5.41, 5.74) is 1.32. The van der Waals surface area contributed by atoms with Crippen LogP contribution in [0.1, 0.15) is 34.8 Å². The molecule has 1 aromatic heterocycles. The highest BCUT2D eigenvalue weighted by molar-refractivity contribution is 7.92. The molecule has 0 spiro atoms. The zero-order valence-corrected chi connectivity index (χ0v) is 18.6. The van der Waals surface area contributed by atoms with Gasteiger partial charge in [0.15, 0.2) is 5.75 Å². The second-order valence-corrected chi connectivity index (χ2v) is 9.85. The maximum atomic E-state index is 13.2. The van der Waals surface area contributed by atoms with Gasteiger partial charge in [-0.1, -0.05) is 12.1 Å². The minimum absolute atomic E-state index is 0.00796. The number of aromatic hydroxyl groups is 1. The Morgan fingerprint density at radius 2 is 2.03 bits per heavy atom. The van der Waals surface area contributed by atoms with Crippen LogP contribution in [0.2, 0.25) is 0 Å². The van der Waals surface area contributed by atoms with Gasteiger partial charge in [0.2, 0.25) is 10.0 Å². The second-order valence-electron chi connectivity index (χ2n) is 8.00. The number of pyridine rings is 1. The molecule has 8 nitrogen and oxygen atoms in total. The third-order valence-electron chi connectivity index (χ3n) is 5.58. The number of aromatic nitrogens is 1. The van der Waals surface area contributed by atoms with Crippen LogP contribution in [0.4, 0.5) is 10.1 Å². The van der Waals surface area contributed by atoms with Crippen molar-refractivity contribution in [3.8, 4) is 11.8 Å². The van der Waals surface area contributed by atoms with Gasteiger partial charge in [0.25, 0.3) is 5.91 Å². The summed E-state index contributed by atoms with van der Waals surface area (Å²) in [5, 5.41) is 20.1. The van der Waals surface area contributed by atoms with Crippen LogP contribution in [0.3, 0.4) is 0 Å². The highest BCUT2D eigenvalue weighted by Gasteiger charge is 2.36. The van der Waals surface area contributed by atoms with E-state index in [1.165, 1.54) is 23.2 Å². The number of rotatable bonds is 7. The smallest absolute Gasteiger partial charge is 0.258 e. The van der Waals surface area contributed by atoms with Gasteiger partial charge in [-0.05, 0) is 43.2 Å². The largest absolute Gasteiger partial charge is 0.505 e. The summed E-state index contributed by atoms with van der Waals surface area (Å²) in [6, 6.07) is 10.9. The number of hydrogen-bond acceptors (Lipinski definition) is 6. The lowest BCUT2D eigenvalue weighted by atomic mass is 10.0. The molecule has 0 fully saturated rings. The van der Waals surface area contributed by atoms with Gasteiger partial charge < -0.3 is 10.0 Å². The Morgan fingerprint density at radius 3 is 2.73 bits per heavy atom. The number of nitriles is 1. The fraction of sp³-hybridized carbons (Fsp3) is 0.261. The van der Waals surface area contributed by atoms with E-state index in [0.717, 1.165) is 0 Å². The van der Waals surface area contributed by atoms with Gasteiger partial charge in [0.1, 0.15) is 11.3 Å². The molecule has 4 rings (SSSR count). The number of carbonyl (C=O) groups is 1. The number of phenols is 1. The van der Waals surface area contributed by atoms with E-state index in [1.54, 1.807) is 31.2 Å². The van der Waals surface area contributed by atoms with Crippen LogP contribution in [-0.4, -0.2) is 35.1 Å². The normalized spacial score (nSPS) is 14.2. The van der Waals surface area contributed by atoms with E-state index in [9.17, 15) is 22.7 Å². The van der Waals surface area contributed by atoms with Crippen molar-refractivity contribution in [1.82, 2.24) is 9.88 Å². The van der Waals surface area contributed by atoms with E-state index in [1.807, 2.05) is 6.07 Å². The topological polar surface area (TPSA) is 123 Å². The highest BCUT2D eigenvalue weighted by Crippen LogP contribution is 2.43. The second kappa shape index (κ2) is 8.67. The molecule has 1 atom stereocenters. The van der Waals surface area contributed by atoms with Crippen molar-refractivity contribution in [1.29, 1.82) is 5.26 Å². The van der Waals surface area contributed by atoms with Crippen LogP contribution in [0.5, 0.6) is 5.75 Å². The Balaban J connectivity index is 1.75. The first-order chi connectivity index (χ1) is 15.7. The average molecular weight is 469 g/mol. The number of amides is 1. The van der Waals surface area contributed by atoms with Crippen molar-refractivity contribution in [3.05, 3.63) is 65.1 Å². The first kappa shape index (κ1) is 22.5. The van der Waals surface area contributed by atoms with Crippen LogP contribution < -0.4 is 4.72 Å². The van der Waals surface area contributed by atoms with Crippen molar-refractivity contribution in [2.75, 3.05) is 10.5 Å². The number of nitrogens with one attached hydrogen (secondary N) is 1. The summed E-state index contributed by atoms with van der Waals surface area (Å²) < 4.78 is 41.4. The standard InChI is InChI=1S/C23H21FN4O4S/c1-14(11-25)8-10-33(31,32)27-20-17-3-2-9-26-21(17)22(29)19-18(20)13-28(23(19)30)12-15-4-6-16(24)7-5-15/h2-7,9,14,27,29H,8,10,12-13H2,1H3. The Bertz CT molecular complexity index is 1380. The number of halogens is 1. The monoisotopic (exact) mass is 468 g/mol. The number of carbonyl (C=O) groups excluding carboxylic acids is 1. The summed E-state index contributed by atoms with van der Waals surface area (Å²) in [5.74, 6) is -1.89. The van der Waals surface area contributed by atoms with Crippen LogP contribution in [-0.2, 0) is 23.1 Å².